The highest BCUT2D eigenvalue weighted by atomic mass is 16.5. The van der Waals surface area contributed by atoms with Crippen LogP contribution in [0.25, 0.3) is 0 Å². The van der Waals surface area contributed by atoms with Gasteiger partial charge in [-0.25, -0.2) is 0 Å². The molecule has 1 heterocycles. The Kier molecular flexibility index (Phi) is 4.19. The van der Waals surface area contributed by atoms with Crippen molar-refractivity contribution in [1.29, 1.82) is 0 Å². The lowest BCUT2D eigenvalue weighted by molar-refractivity contribution is 0.133. The first-order valence-corrected chi connectivity index (χ1v) is 7.37. The molecule has 1 saturated heterocycles. The van der Waals surface area contributed by atoms with E-state index in [4.69, 9.17) is 4.74 Å². The molecule has 0 aromatic heterocycles. The first-order chi connectivity index (χ1) is 8.91. The van der Waals surface area contributed by atoms with Crippen molar-refractivity contribution in [1.82, 2.24) is 4.90 Å². The fraction of sp³-hybridized carbons (Fsp3) is 0.647. The van der Waals surface area contributed by atoms with Gasteiger partial charge in [0.05, 0.1) is 6.10 Å². The maximum atomic E-state index is 5.84. The van der Waals surface area contributed by atoms with Crippen LogP contribution in [-0.2, 0) is 5.41 Å². The van der Waals surface area contributed by atoms with Gasteiger partial charge in [0, 0.05) is 6.54 Å². The smallest absolute Gasteiger partial charge is 0.119 e. The molecule has 0 saturated carbocycles. The van der Waals surface area contributed by atoms with Crippen LogP contribution in [0.4, 0.5) is 0 Å². The minimum Gasteiger partial charge on any atom is -0.491 e. The molecule has 0 spiro atoms. The lowest BCUT2D eigenvalue weighted by Gasteiger charge is -2.44. The zero-order valence-electron chi connectivity index (χ0n) is 12.9. The Hall–Kier alpha value is -1.02. The number of benzene rings is 1. The van der Waals surface area contributed by atoms with E-state index in [-0.39, 0.29) is 11.5 Å². The summed E-state index contributed by atoms with van der Waals surface area (Å²) >= 11 is 0. The summed E-state index contributed by atoms with van der Waals surface area (Å²) in [6.07, 6.45) is 1.45. The van der Waals surface area contributed by atoms with E-state index >= 15 is 0 Å². The Morgan fingerprint density at radius 2 is 2.11 bits per heavy atom. The van der Waals surface area contributed by atoms with Gasteiger partial charge < -0.3 is 9.64 Å². The summed E-state index contributed by atoms with van der Waals surface area (Å²) in [5.41, 5.74) is 1.69. The molecular formula is C17H27NO. The third kappa shape index (κ3) is 3.11. The maximum absolute atomic E-state index is 5.84. The molecule has 1 aliphatic rings. The summed E-state index contributed by atoms with van der Waals surface area (Å²) in [7, 11) is 2.22. The van der Waals surface area contributed by atoms with E-state index in [0.29, 0.717) is 5.92 Å². The quantitative estimate of drug-likeness (QED) is 0.822. The van der Waals surface area contributed by atoms with Gasteiger partial charge >= 0.3 is 0 Å². The Morgan fingerprint density at radius 1 is 1.37 bits per heavy atom. The molecule has 0 unspecified atom stereocenters. The van der Waals surface area contributed by atoms with Gasteiger partial charge in [-0.15, -0.1) is 0 Å². The normalized spacial score (nSPS) is 28.6. The number of nitrogens with zero attached hydrogens (tertiary/aromatic N) is 1. The van der Waals surface area contributed by atoms with Gasteiger partial charge in [-0.05, 0) is 62.9 Å². The van der Waals surface area contributed by atoms with Crippen molar-refractivity contribution in [3.05, 3.63) is 29.8 Å². The minimum atomic E-state index is 0.234. The molecule has 2 nitrogen and oxygen atoms in total. The van der Waals surface area contributed by atoms with Gasteiger partial charge in [-0.2, -0.15) is 0 Å². The highest BCUT2D eigenvalue weighted by Gasteiger charge is 2.37. The summed E-state index contributed by atoms with van der Waals surface area (Å²) in [5, 5.41) is 0. The monoisotopic (exact) mass is 261 g/mol. The zero-order chi connectivity index (χ0) is 14.0. The highest BCUT2D eigenvalue weighted by Crippen LogP contribution is 2.40. The topological polar surface area (TPSA) is 12.5 Å². The van der Waals surface area contributed by atoms with Gasteiger partial charge in [0.2, 0.25) is 0 Å². The molecule has 2 rings (SSSR count). The van der Waals surface area contributed by atoms with Crippen molar-refractivity contribution >= 4 is 0 Å². The molecule has 1 aromatic rings. The number of piperidine rings is 1. The second-order valence-corrected chi connectivity index (χ2v) is 6.53. The molecule has 2 heteroatoms. The minimum absolute atomic E-state index is 0.234. The van der Waals surface area contributed by atoms with E-state index in [9.17, 15) is 0 Å². The SMILES string of the molecule is CC(C)Oc1cccc([C@]2(C)CCN(C)C[C@H]2C)c1. The molecule has 106 valence electrons. The fourth-order valence-corrected chi connectivity index (χ4v) is 3.06. The predicted molar refractivity (Wildman–Crippen MR) is 80.8 cm³/mol. The van der Waals surface area contributed by atoms with E-state index in [1.807, 2.05) is 0 Å². The highest BCUT2D eigenvalue weighted by molar-refractivity contribution is 5.34. The van der Waals surface area contributed by atoms with Crippen LogP contribution in [0.2, 0.25) is 0 Å². The molecule has 1 fully saturated rings. The number of ether oxygens (including phenoxy) is 1. The predicted octanol–water partition coefficient (Wildman–Crippen LogP) is 3.70. The fourth-order valence-electron chi connectivity index (χ4n) is 3.06. The number of rotatable bonds is 3. The Morgan fingerprint density at radius 3 is 2.74 bits per heavy atom. The molecule has 0 radical (unpaired) electrons. The molecule has 2 atom stereocenters. The lowest BCUT2D eigenvalue weighted by Crippen LogP contribution is -2.45. The van der Waals surface area contributed by atoms with Gasteiger partial charge in [0.15, 0.2) is 0 Å². The van der Waals surface area contributed by atoms with E-state index in [0.717, 1.165) is 5.75 Å². The van der Waals surface area contributed by atoms with Gasteiger partial charge in [-0.1, -0.05) is 26.0 Å². The van der Waals surface area contributed by atoms with E-state index < -0.39 is 0 Å². The molecule has 19 heavy (non-hydrogen) atoms. The van der Waals surface area contributed by atoms with E-state index in [1.54, 1.807) is 0 Å². The van der Waals surface area contributed by atoms with Crippen molar-refractivity contribution in [2.75, 3.05) is 20.1 Å². The van der Waals surface area contributed by atoms with Crippen LogP contribution >= 0.6 is 0 Å². The molecule has 0 N–H and O–H groups in total. The summed E-state index contributed by atoms with van der Waals surface area (Å²) in [6.45, 7) is 11.3. The summed E-state index contributed by atoms with van der Waals surface area (Å²) < 4.78 is 5.84. The third-order valence-electron chi connectivity index (χ3n) is 4.55. The van der Waals surface area contributed by atoms with Crippen molar-refractivity contribution in [2.45, 2.75) is 45.6 Å². The van der Waals surface area contributed by atoms with Crippen molar-refractivity contribution in [3.8, 4) is 5.75 Å². The van der Waals surface area contributed by atoms with Crippen molar-refractivity contribution in [3.63, 3.8) is 0 Å². The van der Waals surface area contributed by atoms with Crippen LogP contribution in [-0.4, -0.2) is 31.1 Å². The van der Waals surface area contributed by atoms with Crippen LogP contribution in [0, 0.1) is 5.92 Å². The average molecular weight is 261 g/mol. The largest absolute Gasteiger partial charge is 0.491 e. The first kappa shape index (κ1) is 14.4. The van der Waals surface area contributed by atoms with Crippen LogP contribution in [0.15, 0.2) is 24.3 Å². The Labute approximate surface area is 117 Å². The average Bonchev–Trinajstić information content (AvgIpc) is 2.34. The van der Waals surface area contributed by atoms with Crippen molar-refractivity contribution in [2.24, 2.45) is 5.92 Å². The number of hydrogen-bond acceptors (Lipinski definition) is 2. The molecular weight excluding hydrogens is 234 g/mol. The molecule has 1 aliphatic heterocycles. The molecule has 0 bridgehead atoms. The number of likely N-dealkylation sites (tertiary alicyclic amines) is 1. The standard InChI is InChI=1S/C17H27NO/c1-13(2)19-16-8-6-7-15(11-16)17(4)9-10-18(5)12-14(17)3/h6-8,11,13-14H,9-10,12H2,1-5H3/t14-,17-/m1/s1. The lowest BCUT2D eigenvalue weighted by atomic mass is 9.68. The van der Waals surface area contributed by atoms with Crippen LogP contribution in [0.1, 0.15) is 39.7 Å². The first-order valence-electron chi connectivity index (χ1n) is 7.37. The number of hydrogen-bond donors (Lipinski definition) is 0. The van der Waals surface area contributed by atoms with Gasteiger partial charge in [-0.3, -0.25) is 0 Å². The van der Waals surface area contributed by atoms with Crippen LogP contribution < -0.4 is 4.74 Å². The molecule has 1 aromatic carbocycles. The zero-order valence-corrected chi connectivity index (χ0v) is 12.9. The van der Waals surface area contributed by atoms with Crippen molar-refractivity contribution < 1.29 is 4.74 Å². The maximum Gasteiger partial charge on any atom is 0.119 e. The van der Waals surface area contributed by atoms with Gasteiger partial charge in [0.25, 0.3) is 0 Å². The van der Waals surface area contributed by atoms with E-state index in [1.165, 1.54) is 25.1 Å². The van der Waals surface area contributed by atoms with Crippen LogP contribution in [0.5, 0.6) is 5.75 Å². The van der Waals surface area contributed by atoms with E-state index in [2.05, 4.69) is 63.9 Å². The second-order valence-electron chi connectivity index (χ2n) is 6.53. The summed E-state index contributed by atoms with van der Waals surface area (Å²) in [5.74, 6) is 1.67. The summed E-state index contributed by atoms with van der Waals surface area (Å²) in [4.78, 5) is 2.43. The Bertz CT molecular complexity index is 429. The van der Waals surface area contributed by atoms with Crippen LogP contribution in [0.3, 0.4) is 0 Å². The summed E-state index contributed by atoms with van der Waals surface area (Å²) in [6, 6.07) is 8.69. The Balaban J connectivity index is 2.25. The molecule has 0 amide bonds. The third-order valence-corrected chi connectivity index (χ3v) is 4.55. The van der Waals surface area contributed by atoms with Gasteiger partial charge in [0.1, 0.15) is 5.75 Å². The second kappa shape index (κ2) is 5.54. The molecule has 0 aliphatic carbocycles.